The van der Waals surface area contributed by atoms with Crippen LogP contribution in [0.25, 0.3) is 0 Å². The number of carbonyl (C=O) groups is 1. The maximum atomic E-state index is 12.8. The Morgan fingerprint density at radius 3 is 2.45 bits per heavy atom. The van der Waals surface area contributed by atoms with Gasteiger partial charge in [0.25, 0.3) is 5.91 Å². The molecule has 1 aromatic rings. The van der Waals surface area contributed by atoms with Crippen molar-refractivity contribution in [3.05, 3.63) is 18.2 Å². The number of likely N-dealkylation sites (N-methyl/N-ethyl adjacent to an activating group) is 1. The third kappa shape index (κ3) is 2.70. The van der Waals surface area contributed by atoms with E-state index in [1.807, 2.05) is 0 Å². The zero-order chi connectivity index (χ0) is 15.7. The summed E-state index contributed by atoms with van der Waals surface area (Å²) in [7, 11) is -1.89. The van der Waals surface area contributed by atoms with Crippen LogP contribution < -0.4 is 9.64 Å². The first-order chi connectivity index (χ1) is 10.5. The number of carbonyl (C=O) groups excluding carboxylic acids is 1. The highest BCUT2D eigenvalue weighted by Crippen LogP contribution is 2.34. The smallest absolute Gasteiger partial charge is 0.264 e. The number of fused-ring (bicyclic) bond motifs is 1. The molecule has 2 heterocycles. The number of amides is 1. The van der Waals surface area contributed by atoms with Gasteiger partial charge in [-0.1, -0.05) is 12.8 Å². The zero-order valence-corrected chi connectivity index (χ0v) is 13.4. The molecular formula is C15H20N2O4S. The van der Waals surface area contributed by atoms with E-state index in [9.17, 15) is 13.2 Å². The van der Waals surface area contributed by atoms with Crippen LogP contribution in [0.1, 0.15) is 25.7 Å². The van der Waals surface area contributed by atoms with Gasteiger partial charge < -0.3 is 9.64 Å². The van der Waals surface area contributed by atoms with Gasteiger partial charge in [0.05, 0.1) is 10.6 Å². The van der Waals surface area contributed by atoms with Crippen molar-refractivity contribution in [1.82, 2.24) is 4.31 Å². The second kappa shape index (κ2) is 5.89. The first-order valence-corrected chi connectivity index (χ1v) is 8.98. The molecule has 0 aliphatic carbocycles. The number of hydrogen-bond donors (Lipinski definition) is 0. The van der Waals surface area contributed by atoms with Crippen LogP contribution in [-0.2, 0) is 14.8 Å². The number of benzene rings is 1. The van der Waals surface area contributed by atoms with E-state index in [2.05, 4.69) is 0 Å². The summed E-state index contributed by atoms with van der Waals surface area (Å²) in [5.41, 5.74) is 0.507. The van der Waals surface area contributed by atoms with Gasteiger partial charge in [-0.15, -0.1) is 0 Å². The van der Waals surface area contributed by atoms with E-state index in [0.29, 0.717) is 24.5 Å². The SMILES string of the molecule is CN1C(=O)COc2ccc(S(=O)(=O)N3CCCCCC3)cc21. The first-order valence-electron chi connectivity index (χ1n) is 7.54. The van der Waals surface area contributed by atoms with Crippen molar-refractivity contribution < 1.29 is 17.9 Å². The van der Waals surface area contributed by atoms with Gasteiger partial charge in [-0.25, -0.2) is 8.42 Å². The fraction of sp³-hybridized carbons (Fsp3) is 0.533. The van der Waals surface area contributed by atoms with E-state index in [1.54, 1.807) is 23.5 Å². The van der Waals surface area contributed by atoms with Gasteiger partial charge >= 0.3 is 0 Å². The molecule has 0 saturated carbocycles. The Balaban J connectivity index is 1.96. The monoisotopic (exact) mass is 324 g/mol. The van der Waals surface area contributed by atoms with Gasteiger partial charge in [0.2, 0.25) is 10.0 Å². The van der Waals surface area contributed by atoms with Gasteiger partial charge in [-0.3, -0.25) is 4.79 Å². The molecule has 0 spiro atoms. The Morgan fingerprint density at radius 1 is 1.09 bits per heavy atom. The number of anilines is 1. The Bertz CT molecular complexity index is 679. The molecule has 1 saturated heterocycles. The Labute approximate surface area is 130 Å². The van der Waals surface area contributed by atoms with Crippen molar-refractivity contribution in [2.45, 2.75) is 30.6 Å². The summed E-state index contributed by atoms with van der Waals surface area (Å²) in [4.78, 5) is 13.4. The van der Waals surface area contributed by atoms with Crippen molar-refractivity contribution in [3.63, 3.8) is 0 Å². The van der Waals surface area contributed by atoms with Crippen LogP contribution in [0.5, 0.6) is 5.75 Å². The maximum absolute atomic E-state index is 12.8. The molecule has 1 aromatic carbocycles. The molecule has 0 bridgehead atoms. The van der Waals surface area contributed by atoms with Crippen LogP contribution in [0, 0.1) is 0 Å². The number of rotatable bonds is 2. The zero-order valence-electron chi connectivity index (χ0n) is 12.6. The lowest BCUT2D eigenvalue weighted by atomic mass is 10.2. The normalized spacial score (nSPS) is 20.2. The van der Waals surface area contributed by atoms with Crippen LogP contribution in [-0.4, -0.2) is 45.4 Å². The summed E-state index contributed by atoms with van der Waals surface area (Å²) in [5.74, 6) is 0.355. The minimum Gasteiger partial charge on any atom is -0.482 e. The average Bonchev–Trinajstić information content (AvgIpc) is 2.80. The van der Waals surface area contributed by atoms with Crippen LogP contribution in [0.15, 0.2) is 23.1 Å². The molecule has 1 fully saturated rings. The van der Waals surface area contributed by atoms with Gasteiger partial charge in [0.15, 0.2) is 6.61 Å². The molecule has 0 aromatic heterocycles. The fourth-order valence-corrected chi connectivity index (χ4v) is 4.38. The molecule has 0 atom stereocenters. The van der Waals surface area contributed by atoms with Crippen LogP contribution in [0.2, 0.25) is 0 Å². The highest BCUT2D eigenvalue weighted by Gasteiger charge is 2.29. The van der Waals surface area contributed by atoms with Gasteiger partial charge in [-0.05, 0) is 31.0 Å². The number of sulfonamides is 1. The molecule has 6 nitrogen and oxygen atoms in total. The topological polar surface area (TPSA) is 66.9 Å². The van der Waals surface area contributed by atoms with Gasteiger partial charge in [0.1, 0.15) is 5.75 Å². The van der Waals surface area contributed by atoms with E-state index in [0.717, 1.165) is 25.7 Å². The second-order valence-corrected chi connectivity index (χ2v) is 7.63. The molecular weight excluding hydrogens is 304 g/mol. The van der Waals surface area contributed by atoms with E-state index >= 15 is 0 Å². The number of hydrogen-bond acceptors (Lipinski definition) is 4. The summed E-state index contributed by atoms with van der Waals surface area (Å²) in [6.07, 6.45) is 3.93. The summed E-state index contributed by atoms with van der Waals surface area (Å²) in [6, 6.07) is 4.72. The Hall–Kier alpha value is -1.60. The van der Waals surface area contributed by atoms with Crippen molar-refractivity contribution >= 4 is 21.6 Å². The highest BCUT2D eigenvalue weighted by atomic mass is 32.2. The lowest BCUT2D eigenvalue weighted by Gasteiger charge is -2.27. The molecule has 0 unspecified atom stereocenters. The van der Waals surface area contributed by atoms with Crippen molar-refractivity contribution in [2.24, 2.45) is 0 Å². The van der Waals surface area contributed by atoms with E-state index in [4.69, 9.17) is 4.74 Å². The molecule has 7 heteroatoms. The summed E-state index contributed by atoms with van der Waals surface area (Å²) >= 11 is 0. The predicted octanol–water partition coefficient (Wildman–Crippen LogP) is 1.61. The van der Waals surface area contributed by atoms with Crippen LogP contribution >= 0.6 is 0 Å². The quantitative estimate of drug-likeness (QED) is 0.829. The third-order valence-electron chi connectivity index (χ3n) is 4.22. The lowest BCUT2D eigenvalue weighted by Crippen LogP contribution is -2.36. The predicted molar refractivity (Wildman–Crippen MR) is 82.6 cm³/mol. The molecule has 1 amide bonds. The largest absolute Gasteiger partial charge is 0.482 e. The first kappa shape index (κ1) is 15.3. The summed E-state index contributed by atoms with van der Waals surface area (Å²) in [5, 5.41) is 0. The van der Waals surface area contributed by atoms with Crippen LogP contribution in [0.4, 0.5) is 5.69 Å². The van der Waals surface area contributed by atoms with Crippen molar-refractivity contribution in [2.75, 3.05) is 31.6 Å². The minimum absolute atomic E-state index is 0.0122. The molecule has 120 valence electrons. The standard InChI is InChI=1S/C15H20N2O4S/c1-16-13-10-12(6-7-14(13)21-11-15(16)18)22(19,20)17-8-4-2-3-5-9-17/h6-7,10H,2-5,8-9,11H2,1H3. The Morgan fingerprint density at radius 2 is 1.77 bits per heavy atom. The molecule has 2 aliphatic rings. The van der Waals surface area contributed by atoms with Gasteiger partial charge in [0, 0.05) is 20.1 Å². The number of nitrogens with zero attached hydrogens (tertiary/aromatic N) is 2. The second-order valence-electron chi connectivity index (χ2n) is 5.69. The molecule has 0 N–H and O–H groups in total. The van der Waals surface area contributed by atoms with E-state index in [1.165, 1.54) is 11.0 Å². The van der Waals surface area contributed by atoms with Gasteiger partial charge in [-0.2, -0.15) is 4.31 Å². The minimum atomic E-state index is -3.52. The summed E-state index contributed by atoms with van der Waals surface area (Å²) in [6.45, 7) is 1.11. The van der Waals surface area contributed by atoms with Crippen molar-refractivity contribution in [3.8, 4) is 5.75 Å². The molecule has 3 rings (SSSR count). The summed E-state index contributed by atoms with van der Waals surface area (Å²) < 4.78 is 32.5. The fourth-order valence-electron chi connectivity index (χ4n) is 2.84. The number of ether oxygens (including phenoxy) is 1. The van der Waals surface area contributed by atoms with Crippen molar-refractivity contribution in [1.29, 1.82) is 0 Å². The van der Waals surface area contributed by atoms with Crippen LogP contribution in [0.3, 0.4) is 0 Å². The average molecular weight is 324 g/mol. The molecule has 2 aliphatic heterocycles. The maximum Gasteiger partial charge on any atom is 0.264 e. The highest BCUT2D eigenvalue weighted by molar-refractivity contribution is 7.89. The van der Waals surface area contributed by atoms with E-state index in [-0.39, 0.29) is 17.4 Å². The Kier molecular flexibility index (Phi) is 4.10. The third-order valence-corrected chi connectivity index (χ3v) is 6.11. The molecule has 0 radical (unpaired) electrons. The van der Waals surface area contributed by atoms with E-state index < -0.39 is 10.0 Å². The lowest BCUT2D eigenvalue weighted by molar-refractivity contribution is -0.120. The molecule has 22 heavy (non-hydrogen) atoms.